The SMILES string of the molecule is O=C(NC(c1ccccc1Cl)C1CCCCC1)c1n[nH]c2c(F)cccc2c1=O. The minimum absolute atomic E-state index is 0.0102. The standard InChI is InChI=1S/C22H21ClFN3O2/c23-16-11-5-4-9-14(16)18(13-7-2-1-3-8-13)25-22(29)20-21(28)15-10-6-12-17(24)19(15)26-27-20/h4-6,9-13,18H,1-3,7-8H2,(H,25,29)(H,26,28). The third kappa shape index (κ3) is 3.90. The predicted octanol–water partition coefficient (Wildman–Crippen LogP) is 4.77. The Hall–Kier alpha value is -2.73. The van der Waals surface area contributed by atoms with Crippen molar-refractivity contribution in [2.75, 3.05) is 0 Å². The Morgan fingerprint density at radius 1 is 1.14 bits per heavy atom. The number of H-pyrrole nitrogens is 1. The zero-order valence-electron chi connectivity index (χ0n) is 15.8. The van der Waals surface area contributed by atoms with E-state index in [-0.39, 0.29) is 28.6 Å². The molecule has 150 valence electrons. The Morgan fingerprint density at radius 2 is 1.90 bits per heavy atom. The first-order valence-electron chi connectivity index (χ1n) is 9.78. The lowest BCUT2D eigenvalue weighted by molar-refractivity contribution is 0.0905. The van der Waals surface area contributed by atoms with Crippen LogP contribution in [-0.2, 0) is 0 Å². The Bertz CT molecular complexity index is 1110. The molecule has 0 spiro atoms. The van der Waals surface area contributed by atoms with E-state index in [1.54, 1.807) is 6.07 Å². The van der Waals surface area contributed by atoms with Crippen molar-refractivity contribution in [3.05, 3.63) is 74.8 Å². The molecule has 7 heteroatoms. The molecule has 0 bridgehead atoms. The molecular weight excluding hydrogens is 393 g/mol. The second kappa shape index (κ2) is 8.33. The molecule has 1 heterocycles. The smallest absolute Gasteiger partial charge is 0.276 e. The molecular formula is C22H21ClFN3O2. The number of aromatic nitrogens is 2. The second-order valence-corrected chi connectivity index (χ2v) is 7.84. The number of fused-ring (bicyclic) bond motifs is 1. The van der Waals surface area contributed by atoms with Crippen LogP contribution in [0.4, 0.5) is 4.39 Å². The number of nitrogens with one attached hydrogen (secondary N) is 2. The van der Waals surface area contributed by atoms with Gasteiger partial charge in [0.25, 0.3) is 5.91 Å². The van der Waals surface area contributed by atoms with Crippen molar-refractivity contribution in [1.82, 2.24) is 15.5 Å². The predicted molar refractivity (Wildman–Crippen MR) is 111 cm³/mol. The van der Waals surface area contributed by atoms with Gasteiger partial charge in [-0.1, -0.05) is 55.1 Å². The van der Waals surface area contributed by atoms with Crippen LogP contribution in [0.5, 0.6) is 0 Å². The summed E-state index contributed by atoms with van der Waals surface area (Å²) in [6, 6.07) is 11.2. The van der Waals surface area contributed by atoms with E-state index in [2.05, 4.69) is 15.5 Å². The highest BCUT2D eigenvalue weighted by molar-refractivity contribution is 6.31. The molecule has 1 aromatic heterocycles. The lowest BCUT2D eigenvalue weighted by atomic mass is 9.81. The van der Waals surface area contributed by atoms with Gasteiger partial charge in [0.15, 0.2) is 5.69 Å². The van der Waals surface area contributed by atoms with Crippen LogP contribution in [-0.4, -0.2) is 16.1 Å². The summed E-state index contributed by atoms with van der Waals surface area (Å²) in [5.74, 6) is -0.951. The lowest BCUT2D eigenvalue weighted by Crippen LogP contribution is -2.37. The van der Waals surface area contributed by atoms with Gasteiger partial charge in [-0.15, -0.1) is 0 Å². The molecule has 0 saturated heterocycles. The number of benzene rings is 2. The second-order valence-electron chi connectivity index (χ2n) is 7.43. The number of nitrogens with zero attached hydrogens (tertiary/aromatic N) is 1. The monoisotopic (exact) mass is 413 g/mol. The van der Waals surface area contributed by atoms with Gasteiger partial charge in [0.1, 0.15) is 11.3 Å². The number of carbonyl (C=O) groups is 1. The number of halogens is 2. The fourth-order valence-electron chi connectivity index (χ4n) is 4.12. The van der Waals surface area contributed by atoms with E-state index < -0.39 is 17.2 Å². The molecule has 1 unspecified atom stereocenters. The van der Waals surface area contributed by atoms with E-state index >= 15 is 0 Å². The van der Waals surface area contributed by atoms with Crippen molar-refractivity contribution in [2.24, 2.45) is 5.92 Å². The summed E-state index contributed by atoms with van der Waals surface area (Å²) in [5.41, 5.74) is -0.0603. The average Bonchev–Trinajstić information content (AvgIpc) is 2.74. The minimum Gasteiger partial charge on any atom is -0.343 e. The zero-order chi connectivity index (χ0) is 20.4. The van der Waals surface area contributed by atoms with Crippen LogP contribution in [0, 0.1) is 11.7 Å². The summed E-state index contributed by atoms with van der Waals surface area (Å²) in [4.78, 5) is 25.7. The van der Waals surface area contributed by atoms with Gasteiger partial charge >= 0.3 is 0 Å². The van der Waals surface area contributed by atoms with Crippen molar-refractivity contribution in [1.29, 1.82) is 0 Å². The molecule has 1 aliphatic carbocycles. The highest BCUT2D eigenvalue weighted by atomic mass is 35.5. The Morgan fingerprint density at radius 3 is 2.66 bits per heavy atom. The molecule has 1 amide bonds. The normalized spacial score (nSPS) is 15.9. The van der Waals surface area contributed by atoms with E-state index in [1.165, 1.54) is 24.6 Å². The van der Waals surface area contributed by atoms with Gasteiger partial charge < -0.3 is 5.32 Å². The molecule has 1 atom stereocenters. The largest absolute Gasteiger partial charge is 0.343 e. The van der Waals surface area contributed by atoms with Gasteiger partial charge in [-0.3, -0.25) is 14.7 Å². The van der Waals surface area contributed by atoms with Crippen molar-refractivity contribution in [2.45, 2.75) is 38.1 Å². The fraction of sp³-hybridized carbons (Fsp3) is 0.318. The van der Waals surface area contributed by atoms with Crippen LogP contribution < -0.4 is 10.7 Å². The van der Waals surface area contributed by atoms with Crippen molar-refractivity contribution < 1.29 is 9.18 Å². The zero-order valence-corrected chi connectivity index (χ0v) is 16.5. The van der Waals surface area contributed by atoms with Crippen LogP contribution in [0.2, 0.25) is 5.02 Å². The molecule has 3 aromatic rings. The fourth-order valence-corrected chi connectivity index (χ4v) is 4.38. The molecule has 1 aliphatic rings. The average molecular weight is 414 g/mol. The van der Waals surface area contributed by atoms with Crippen molar-refractivity contribution in [3.63, 3.8) is 0 Å². The van der Waals surface area contributed by atoms with Gasteiger partial charge in [0.05, 0.1) is 11.4 Å². The van der Waals surface area contributed by atoms with Gasteiger partial charge in [-0.05, 0) is 42.5 Å². The van der Waals surface area contributed by atoms with E-state index in [1.807, 2.05) is 18.2 Å². The van der Waals surface area contributed by atoms with E-state index in [9.17, 15) is 14.0 Å². The molecule has 2 N–H and O–H groups in total. The maximum Gasteiger partial charge on any atom is 0.276 e. The van der Waals surface area contributed by atoms with E-state index in [4.69, 9.17) is 11.6 Å². The van der Waals surface area contributed by atoms with Gasteiger partial charge in [-0.25, -0.2) is 4.39 Å². The first-order valence-corrected chi connectivity index (χ1v) is 10.2. The quantitative estimate of drug-likeness (QED) is 0.647. The topological polar surface area (TPSA) is 74.8 Å². The highest BCUT2D eigenvalue weighted by Gasteiger charge is 2.29. The summed E-state index contributed by atoms with van der Waals surface area (Å²) in [6.07, 6.45) is 5.31. The first kappa shape index (κ1) is 19.6. The molecule has 0 radical (unpaired) electrons. The van der Waals surface area contributed by atoms with Gasteiger partial charge in [-0.2, -0.15) is 5.10 Å². The number of rotatable bonds is 4. The molecule has 4 rings (SSSR count). The van der Waals surface area contributed by atoms with Crippen molar-refractivity contribution >= 4 is 28.4 Å². The van der Waals surface area contributed by atoms with Crippen LogP contribution in [0.15, 0.2) is 47.3 Å². The lowest BCUT2D eigenvalue weighted by Gasteiger charge is -2.31. The van der Waals surface area contributed by atoms with Crippen molar-refractivity contribution in [3.8, 4) is 0 Å². The molecule has 2 aromatic carbocycles. The minimum atomic E-state index is -0.600. The Balaban J connectivity index is 1.70. The maximum atomic E-state index is 13.9. The summed E-state index contributed by atoms with van der Waals surface area (Å²) in [6.45, 7) is 0. The number of hydrogen-bond donors (Lipinski definition) is 2. The van der Waals surface area contributed by atoms with Crippen LogP contribution >= 0.6 is 11.6 Å². The molecule has 1 saturated carbocycles. The highest BCUT2D eigenvalue weighted by Crippen LogP contribution is 2.37. The Labute approximate surface area is 172 Å². The summed E-state index contributed by atoms with van der Waals surface area (Å²) >= 11 is 6.42. The van der Waals surface area contributed by atoms with Gasteiger partial charge in [0.2, 0.25) is 5.43 Å². The van der Waals surface area contributed by atoms with Crippen LogP contribution in [0.25, 0.3) is 10.9 Å². The number of carbonyl (C=O) groups excluding carboxylic acids is 1. The van der Waals surface area contributed by atoms with E-state index in [0.29, 0.717) is 5.02 Å². The molecule has 0 aliphatic heterocycles. The number of hydrogen-bond acceptors (Lipinski definition) is 3. The maximum absolute atomic E-state index is 13.9. The first-order chi connectivity index (χ1) is 14.1. The summed E-state index contributed by atoms with van der Waals surface area (Å²) < 4.78 is 13.9. The summed E-state index contributed by atoms with van der Waals surface area (Å²) in [5, 5.41) is 10.0. The third-order valence-corrected chi connectivity index (χ3v) is 5.96. The van der Waals surface area contributed by atoms with E-state index in [0.717, 1.165) is 31.2 Å². The molecule has 5 nitrogen and oxygen atoms in total. The molecule has 1 fully saturated rings. The Kier molecular flexibility index (Phi) is 5.62. The number of amides is 1. The summed E-state index contributed by atoms with van der Waals surface area (Å²) in [7, 11) is 0. The van der Waals surface area contributed by atoms with Crippen LogP contribution in [0.3, 0.4) is 0 Å². The van der Waals surface area contributed by atoms with Crippen LogP contribution in [0.1, 0.15) is 54.2 Å². The van der Waals surface area contributed by atoms with Gasteiger partial charge in [0, 0.05) is 5.02 Å². The number of para-hydroxylation sites is 1. The third-order valence-electron chi connectivity index (χ3n) is 5.62. The molecule has 29 heavy (non-hydrogen) atoms. The number of aromatic amines is 1.